The van der Waals surface area contributed by atoms with Crippen molar-refractivity contribution >= 4 is 41.3 Å². The highest BCUT2D eigenvalue weighted by Crippen LogP contribution is 2.14. The number of nitrogens with zero attached hydrogens (tertiary/aromatic N) is 2. The highest BCUT2D eigenvalue weighted by molar-refractivity contribution is 14.0. The Hall–Kier alpha value is -1.35. The fourth-order valence-corrected chi connectivity index (χ4v) is 3.45. The molecule has 0 aliphatic rings. The number of hydrogen-bond donors (Lipinski definition) is 2. The van der Waals surface area contributed by atoms with E-state index in [2.05, 4.69) is 39.7 Å². The number of rotatable bonds is 10. The lowest BCUT2D eigenvalue weighted by molar-refractivity contribution is 0.414. The van der Waals surface area contributed by atoms with Crippen LogP contribution in [0.4, 0.5) is 0 Å². The van der Waals surface area contributed by atoms with Gasteiger partial charge < -0.3 is 15.4 Å². The predicted molar refractivity (Wildman–Crippen MR) is 126 cm³/mol. The summed E-state index contributed by atoms with van der Waals surface area (Å²) in [5.74, 6) is 1.77. The zero-order chi connectivity index (χ0) is 18.6. The molecule has 0 bridgehead atoms. The topological polar surface area (TPSA) is 58.5 Å². The molecule has 0 aliphatic heterocycles. The van der Waals surface area contributed by atoms with Crippen molar-refractivity contribution in [2.45, 2.75) is 39.0 Å². The number of ether oxygens (including phenoxy) is 1. The second-order valence-electron chi connectivity index (χ2n) is 6.05. The van der Waals surface area contributed by atoms with Gasteiger partial charge in [0.25, 0.3) is 0 Å². The summed E-state index contributed by atoms with van der Waals surface area (Å²) in [7, 11) is 3.51. The Morgan fingerprint density at radius 3 is 2.48 bits per heavy atom. The van der Waals surface area contributed by atoms with Gasteiger partial charge in [0.2, 0.25) is 0 Å². The maximum Gasteiger partial charge on any atom is 0.190 e. The van der Waals surface area contributed by atoms with Crippen LogP contribution in [0.1, 0.15) is 35.2 Å². The van der Waals surface area contributed by atoms with Crippen molar-refractivity contribution in [1.29, 1.82) is 0 Å². The van der Waals surface area contributed by atoms with E-state index in [0.717, 1.165) is 56.9 Å². The molecule has 0 saturated heterocycles. The van der Waals surface area contributed by atoms with E-state index in [0.29, 0.717) is 0 Å². The van der Waals surface area contributed by atoms with Gasteiger partial charge in [-0.2, -0.15) is 0 Å². The number of guanidine groups is 1. The Morgan fingerprint density at radius 1 is 1.11 bits per heavy atom. The zero-order valence-corrected chi connectivity index (χ0v) is 19.6. The zero-order valence-electron chi connectivity index (χ0n) is 16.5. The Balaban J connectivity index is 0.00000364. The number of aliphatic imine (C=N–C) groups is 1. The van der Waals surface area contributed by atoms with Crippen molar-refractivity contribution in [2.24, 2.45) is 4.99 Å². The summed E-state index contributed by atoms with van der Waals surface area (Å²) in [6, 6.07) is 8.31. The minimum Gasteiger partial charge on any atom is -0.497 e. The van der Waals surface area contributed by atoms with Gasteiger partial charge in [-0.1, -0.05) is 19.1 Å². The van der Waals surface area contributed by atoms with E-state index in [-0.39, 0.29) is 24.0 Å². The minimum absolute atomic E-state index is 0. The summed E-state index contributed by atoms with van der Waals surface area (Å²) >= 11 is 1.80. The van der Waals surface area contributed by atoms with Gasteiger partial charge in [0.05, 0.1) is 12.1 Å². The second-order valence-corrected chi connectivity index (χ2v) is 7.25. The number of halogens is 1. The van der Waals surface area contributed by atoms with Crippen LogP contribution in [0.25, 0.3) is 0 Å². The molecule has 0 atom stereocenters. The molecule has 27 heavy (non-hydrogen) atoms. The fourth-order valence-electron chi connectivity index (χ4n) is 2.59. The van der Waals surface area contributed by atoms with Gasteiger partial charge in [-0.05, 0) is 43.4 Å². The van der Waals surface area contributed by atoms with Crippen LogP contribution in [0.15, 0.2) is 35.5 Å². The van der Waals surface area contributed by atoms with E-state index in [9.17, 15) is 0 Å². The lowest BCUT2D eigenvalue weighted by Gasteiger charge is -2.11. The first-order valence-corrected chi connectivity index (χ1v) is 10.1. The number of nitrogens with one attached hydrogen (secondary N) is 2. The summed E-state index contributed by atoms with van der Waals surface area (Å²) in [6.45, 7) is 3.94. The third-order valence-electron chi connectivity index (χ3n) is 4.15. The maximum atomic E-state index is 5.18. The van der Waals surface area contributed by atoms with Crippen LogP contribution < -0.4 is 15.4 Å². The van der Waals surface area contributed by atoms with Crippen LogP contribution in [0.5, 0.6) is 5.75 Å². The van der Waals surface area contributed by atoms with Crippen molar-refractivity contribution in [3.63, 3.8) is 0 Å². The van der Waals surface area contributed by atoms with E-state index in [1.807, 2.05) is 25.4 Å². The molecule has 0 radical (unpaired) electrons. The first-order chi connectivity index (χ1) is 12.7. The monoisotopic (exact) mass is 502 g/mol. The van der Waals surface area contributed by atoms with Gasteiger partial charge in [-0.3, -0.25) is 4.99 Å². The standard InChI is InChI=1S/C20H30N4OS.HI/c1-4-18-15-24-19(26-18)12-14-23-20(21-2)22-13-6-5-7-16-8-10-17(25-3)11-9-16;/h8-11,15H,4-7,12-14H2,1-3H3,(H2,21,22,23);1H. The van der Waals surface area contributed by atoms with Crippen molar-refractivity contribution in [3.05, 3.63) is 45.9 Å². The van der Waals surface area contributed by atoms with Gasteiger partial charge in [-0.15, -0.1) is 35.3 Å². The van der Waals surface area contributed by atoms with Crippen LogP contribution in [0.3, 0.4) is 0 Å². The molecular formula is C20H31IN4OS. The molecule has 0 aliphatic carbocycles. The van der Waals surface area contributed by atoms with E-state index in [1.165, 1.54) is 15.4 Å². The molecule has 0 fully saturated rings. The second kappa shape index (κ2) is 13.8. The lowest BCUT2D eigenvalue weighted by atomic mass is 10.1. The molecule has 0 spiro atoms. The molecule has 2 rings (SSSR count). The number of benzene rings is 1. The molecule has 1 heterocycles. The number of methoxy groups -OCH3 is 1. The van der Waals surface area contributed by atoms with Gasteiger partial charge in [0.1, 0.15) is 5.75 Å². The third-order valence-corrected chi connectivity index (χ3v) is 5.35. The van der Waals surface area contributed by atoms with Crippen molar-refractivity contribution in [3.8, 4) is 5.75 Å². The maximum absolute atomic E-state index is 5.18. The van der Waals surface area contributed by atoms with Crippen LogP contribution in [-0.2, 0) is 19.3 Å². The van der Waals surface area contributed by atoms with Gasteiger partial charge in [0.15, 0.2) is 5.96 Å². The molecule has 1 aromatic heterocycles. The van der Waals surface area contributed by atoms with E-state index in [4.69, 9.17) is 4.74 Å². The Bertz CT molecular complexity index is 673. The molecule has 5 nitrogen and oxygen atoms in total. The molecule has 0 saturated carbocycles. The minimum atomic E-state index is 0. The Morgan fingerprint density at radius 2 is 1.85 bits per heavy atom. The molecule has 2 N–H and O–H groups in total. The largest absolute Gasteiger partial charge is 0.497 e. The molecule has 1 aromatic carbocycles. The van der Waals surface area contributed by atoms with E-state index < -0.39 is 0 Å². The molecule has 2 aromatic rings. The van der Waals surface area contributed by atoms with Crippen molar-refractivity contribution in [1.82, 2.24) is 15.6 Å². The summed E-state index contributed by atoms with van der Waals surface area (Å²) < 4.78 is 5.18. The summed E-state index contributed by atoms with van der Waals surface area (Å²) in [4.78, 5) is 10.1. The molecule has 0 amide bonds. The summed E-state index contributed by atoms with van der Waals surface area (Å²) in [5.41, 5.74) is 1.35. The smallest absolute Gasteiger partial charge is 0.190 e. The number of aromatic nitrogens is 1. The lowest BCUT2D eigenvalue weighted by Crippen LogP contribution is -2.38. The van der Waals surface area contributed by atoms with E-state index in [1.54, 1.807) is 18.4 Å². The molecule has 0 unspecified atom stereocenters. The van der Waals surface area contributed by atoms with Gasteiger partial charge >= 0.3 is 0 Å². The quantitative estimate of drug-likeness (QED) is 0.223. The summed E-state index contributed by atoms with van der Waals surface area (Å²) in [6.07, 6.45) is 7.32. The van der Waals surface area contributed by atoms with Crippen molar-refractivity contribution in [2.75, 3.05) is 27.2 Å². The van der Waals surface area contributed by atoms with Crippen LogP contribution >= 0.6 is 35.3 Å². The number of aryl methyl sites for hydroxylation is 2. The highest BCUT2D eigenvalue weighted by atomic mass is 127. The number of unbranched alkanes of at least 4 members (excludes halogenated alkanes) is 1. The van der Waals surface area contributed by atoms with Gasteiger partial charge in [-0.25, -0.2) is 4.98 Å². The average molecular weight is 502 g/mol. The fraction of sp³-hybridized carbons (Fsp3) is 0.500. The van der Waals surface area contributed by atoms with Crippen LogP contribution in [-0.4, -0.2) is 38.2 Å². The normalized spacial score (nSPS) is 11.0. The number of hydrogen-bond acceptors (Lipinski definition) is 4. The Labute approximate surface area is 184 Å². The van der Waals surface area contributed by atoms with Gasteiger partial charge in [0, 0.05) is 37.6 Å². The van der Waals surface area contributed by atoms with Crippen molar-refractivity contribution < 1.29 is 4.74 Å². The molecular weight excluding hydrogens is 471 g/mol. The highest BCUT2D eigenvalue weighted by Gasteiger charge is 2.02. The van der Waals surface area contributed by atoms with Crippen LogP contribution in [0.2, 0.25) is 0 Å². The summed E-state index contributed by atoms with van der Waals surface area (Å²) in [5, 5.41) is 7.92. The third kappa shape index (κ3) is 8.92. The first kappa shape index (κ1) is 23.7. The molecule has 7 heteroatoms. The first-order valence-electron chi connectivity index (χ1n) is 9.26. The Kier molecular flexibility index (Phi) is 12.1. The SMILES string of the molecule is CCc1cnc(CCNC(=NC)NCCCCc2ccc(OC)cc2)s1.I. The molecule has 150 valence electrons. The predicted octanol–water partition coefficient (Wildman–Crippen LogP) is 4.06. The van der Waals surface area contributed by atoms with E-state index >= 15 is 0 Å². The number of thiazole rings is 1. The van der Waals surface area contributed by atoms with Crippen LogP contribution in [0, 0.1) is 0 Å². The average Bonchev–Trinajstić information content (AvgIpc) is 3.14.